The first-order valence-electron chi connectivity index (χ1n) is 11.3. The lowest BCUT2D eigenvalue weighted by molar-refractivity contribution is -0.123. The van der Waals surface area contributed by atoms with Gasteiger partial charge < -0.3 is 9.80 Å². The van der Waals surface area contributed by atoms with Crippen LogP contribution < -0.4 is 9.80 Å². The topological polar surface area (TPSA) is 73.8 Å². The lowest BCUT2D eigenvalue weighted by atomic mass is 10.0. The maximum Gasteiger partial charge on any atom is 0.446 e. The largest absolute Gasteiger partial charge is 0.446 e. The number of amides is 4. The molecule has 0 radical (unpaired) electrons. The van der Waals surface area contributed by atoms with Crippen LogP contribution in [-0.2, 0) is 11.3 Å². The molecule has 0 spiro atoms. The molecule has 0 atom stereocenters. The minimum Gasteiger partial charge on any atom is -0.310 e. The van der Waals surface area contributed by atoms with Crippen LogP contribution in [-0.4, -0.2) is 45.8 Å². The number of rotatable bonds is 6. The molecule has 0 bridgehead atoms. The van der Waals surface area contributed by atoms with E-state index in [9.17, 15) is 27.6 Å². The highest BCUT2D eigenvalue weighted by atomic mass is 35.5. The van der Waals surface area contributed by atoms with Crippen molar-refractivity contribution in [3.8, 4) is 0 Å². The summed E-state index contributed by atoms with van der Waals surface area (Å²) in [7, 11) is 1.60. The third-order valence-electron chi connectivity index (χ3n) is 6.05. The lowest BCUT2D eigenvalue weighted by Gasteiger charge is -2.28. The zero-order chi connectivity index (χ0) is 27.8. The quantitative estimate of drug-likeness (QED) is 0.258. The molecule has 0 N–H and O–H groups in total. The maximum absolute atomic E-state index is 13.3. The molecule has 2 heterocycles. The minimum atomic E-state index is -4.45. The van der Waals surface area contributed by atoms with Gasteiger partial charge in [-0.3, -0.25) is 14.6 Å². The monoisotopic (exact) mass is 562 g/mol. The number of anilines is 2. The molecule has 1 aliphatic rings. The second-order valence-corrected chi connectivity index (χ2v) is 10.6. The molecule has 3 aromatic rings. The van der Waals surface area contributed by atoms with Gasteiger partial charge in [-0.25, -0.2) is 9.69 Å². The first-order valence-corrected chi connectivity index (χ1v) is 12.5. The van der Waals surface area contributed by atoms with Crippen LogP contribution in [0.25, 0.3) is 0 Å². The molecule has 38 heavy (non-hydrogen) atoms. The SMILES string of the molecule is CN(C(=O)c1cc(CN2C(=O)N(c3ccc(SC(F)(F)F)cc3)C(=O)C2(C)C)ccn1)c1ccc(Cl)cc1. The van der Waals surface area contributed by atoms with Crippen molar-refractivity contribution >= 4 is 52.6 Å². The zero-order valence-corrected chi connectivity index (χ0v) is 22.1. The summed E-state index contributed by atoms with van der Waals surface area (Å²) in [5, 5.41) is 0.535. The van der Waals surface area contributed by atoms with E-state index in [0.717, 1.165) is 4.90 Å². The van der Waals surface area contributed by atoms with Crippen molar-refractivity contribution in [1.29, 1.82) is 0 Å². The smallest absolute Gasteiger partial charge is 0.310 e. The Kier molecular flexibility index (Phi) is 7.44. The van der Waals surface area contributed by atoms with Crippen molar-refractivity contribution in [3.05, 3.63) is 83.1 Å². The third-order valence-corrected chi connectivity index (χ3v) is 7.05. The van der Waals surface area contributed by atoms with Gasteiger partial charge in [-0.05, 0) is 91.8 Å². The molecule has 4 rings (SSSR count). The Bertz CT molecular complexity index is 1380. The minimum absolute atomic E-state index is 0.00351. The van der Waals surface area contributed by atoms with Gasteiger partial charge in [0.1, 0.15) is 11.2 Å². The standard InChI is InChI=1S/C26H22ClF3N4O3S/c1-25(2)23(36)34(19-8-10-20(11-9-19)38-26(28,29)30)24(37)33(25)15-16-12-13-31-21(14-16)22(35)32(3)18-6-4-17(27)5-7-18/h4-14H,15H2,1-3H3. The Hall–Kier alpha value is -3.57. The summed E-state index contributed by atoms with van der Waals surface area (Å²) >= 11 is 5.64. The van der Waals surface area contributed by atoms with Gasteiger partial charge in [0.2, 0.25) is 0 Å². The van der Waals surface area contributed by atoms with Crippen molar-refractivity contribution in [1.82, 2.24) is 9.88 Å². The first kappa shape index (κ1) is 27.5. The number of hydrogen-bond acceptors (Lipinski definition) is 5. The summed E-state index contributed by atoms with van der Waals surface area (Å²) in [5.41, 5.74) is -4.20. The summed E-state index contributed by atoms with van der Waals surface area (Å²) in [6, 6.07) is 14.3. The highest BCUT2D eigenvalue weighted by molar-refractivity contribution is 8.00. The predicted octanol–water partition coefficient (Wildman–Crippen LogP) is 6.37. The normalized spacial score (nSPS) is 15.2. The number of aromatic nitrogens is 1. The average molecular weight is 563 g/mol. The van der Waals surface area contributed by atoms with E-state index in [-0.39, 0.29) is 40.5 Å². The Labute approximate surface area is 226 Å². The van der Waals surface area contributed by atoms with Crippen molar-refractivity contribution < 1.29 is 27.6 Å². The number of pyridine rings is 1. The summed E-state index contributed by atoms with van der Waals surface area (Å²) in [4.78, 5) is 47.4. The first-order chi connectivity index (χ1) is 17.8. The third kappa shape index (κ3) is 5.63. The Morgan fingerprint density at radius 2 is 1.68 bits per heavy atom. The number of benzene rings is 2. The number of halogens is 4. The van der Waals surface area contributed by atoms with Gasteiger partial charge in [0, 0.05) is 35.4 Å². The molecule has 1 saturated heterocycles. The van der Waals surface area contributed by atoms with Gasteiger partial charge in [0.05, 0.1) is 5.69 Å². The van der Waals surface area contributed by atoms with Crippen LogP contribution in [0.4, 0.5) is 29.3 Å². The van der Waals surface area contributed by atoms with E-state index in [1.807, 2.05) is 0 Å². The fourth-order valence-electron chi connectivity index (χ4n) is 3.95. The number of urea groups is 1. The van der Waals surface area contributed by atoms with Crippen LogP contribution in [0, 0.1) is 0 Å². The molecule has 0 saturated carbocycles. The number of imide groups is 1. The molecule has 198 valence electrons. The van der Waals surface area contributed by atoms with Crippen molar-refractivity contribution in [2.24, 2.45) is 0 Å². The number of nitrogens with zero attached hydrogens (tertiary/aromatic N) is 4. The molecule has 12 heteroatoms. The molecule has 1 aromatic heterocycles. The fourth-order valence-corrected chi connectivity index (χ4v) is 4.62. The second kappa shape index (κ2) is 10.3. The highest BCUT2D eigenvalue weighted by Crippen LogP contribution is 2.39. The number of carbonyl (C=O) groups excluding carboxylic acids is 3. The summed E-state index contributed by atoms with van der Waals surface area (Å²) < 4.78 is 38.0. The number of thioether (sulfide) groups is 1. The van der Waals surface area contributed by atoms with E-state index in [2.05, 4.69) is 4.98 Å². The van der Waals surface area contributed by atoms with Crippen molar-refractivity contribution in [2.75, 3.05) is 16.8 Å². The van der Waals surface area contributed by atoms with Gasteiger partial charge in [-0.15, -0.1) is 0 Å². The maximum atomic E-state index is 13.3. The molecule has 1 fully saturated rings. The Morgan fingerprint density at radius 1 is 1.05 bits per heavy atom. The average Bonchev–Trinajstić information content (AvgIpc) is 3.02. The molecule has 0 aliphatic carbocycles. The van der Waals surface area contributed by atoms with Gasteiger partial charge in [-0.2, -0.15) is 13.2 Å². The van der Waals surface area contributed by atoms with E-state index >= 15 is 0 Å². The van der Waals surface area contributed by atoms with Gasteiger partial charge in [-0.1, -0.05) is 11.6 Å². The highest BCUT2D eigenvalue weighted by Gasteiger charge is 2.51. The molecule has 0 unspecified atom stereocenters. The van der Waals surface area contributed by atoms with Crippen LogP contribution in [0.3, 0.4) is 0 Å². The lowest BCUT2D eigenvalue weighted by Crippen LogP contribution is -2.43. The second-order valence-electron chi connectivity index (χ2n) is 9.00. The molecule has 2 aromatic carbocycles. The number of carbonyl (C=O) groups is 3. The Balaban J connectivity index is 1.54. The van der Waals surface area contributed by atoms with Crippen LogP contribution >= 0.6 is 23.4 Å². The molecule has 1 aliphatic heterocycles. The van der Waals surface area contributed by atoms with Crippen LogP contribution in [0.2, 0.25) is 5.02 Å². The van der Waals surface area contributed by atoms with E-state index in [1.165, 1.54) is 40.3 Å². The number of hydrogen-bond donors (Lipinski definition) is 0. The van der Waals surface area contributed by atoms with Crippen LogP contribution in [0.1, 0.15) is 29.9 Å². The summed E-state index contributed by atoms with van der Waals surface area (Å²) in [5.74, 6) is -0.901. The van der Waals surface area contributed by atoms with E-state index in [1.54, 1.807) is 57.3 Å². The molecular weight excluding hydrogens is 541 g/mol. The van der Waals surface area contributed by atoms with Crippen LogP contribution in [0.5, 0.6) is 0 Å². The predicted molar refractivity (Wildman–Crippen MR) is 139 cm³/mol. The fraction of sp³-hybridized carbons (Fsp3) is 0.231. The summed E-state index contributed by atoms with van der Waals surface area (Å²) in [6.45, 7) is 3.18. The molecular formula is C26H22ClF3N4O3S. The van der Waals surface area contributed by atoms with Gasteiger partial charge >= 0.3 is 11.5 Å². The van der Waals surface area contributed by atoms with Crippen molar-refractivity contribution in [2.45, 2.75) is 36.3 Å². The molecule has 7 nitrogen and oxygen atoms in total. The van der Waals surface area contributed by atoms with Gasteiger partial charge in [0.25, 0.3) is 11.8 Å². The van der Waals surface area contributed by atoms with E-state index < -0.39 is 23.0 Å². The summed E-state index contributed by atoms with van der Waals surface area (Å²) in [6.07, 6.45) is 1.45. The Morgan fingerprint density at radius 3 is 2.29 bits per heavy atom. The number of alkyl halides is 3. The van der Waals surface area contributed by atoms with E-state index in [4.69, 9.17) is 11.6 Å². The van der Waals surface area contributed by atoms with Gasteiger partial charge in [0.15, 0.2) is 0 Å². The zero-order valence-electron chi connectivity index (χ0n) is 20.5. The van der Waals surface area contributed by atoms with Crippen LogP contribution in [0.15, 0.2) is 71.8 Å². The van der Waals surface area contributed by atoms with Crippen molar-refractivity contribution in [3.63, 3.8) is 0 Å². The van der Waals surface area contributed by atoms with E-state index in [0.29, 0.717) is 16.3 Å². The molecule has 4 amide bonds.